The standard InChI is InChI=1S/C24H34N6O2.HI/c1-3-25-24(28-17-20-18-31-21-7-5-6-8-22(21)32-20)27-16-19-9-10-26-23(15-19)30-13-11-29(4-2)12-14-30;/h5-10,15,20H,3-4,11-14,16-18H2,1-2H3,(H2,25,27,28);1H. The van der Waals surface area contributed by atoms with Crippen molar-refractivity contribution in [3.63, 3.8) is 0 Å². The van der Waals surface area contributed by atoms with E-state index in [2.05, 4.69) is 45.3 Å². The number of hydrogen-bond acceptors (Lipinski definition) is 6. The molecule has 2 aliphatic heterocycles. The molecule has 0 spiro atoms. The minimum atomic E-state index is -0.0666. The van der Waals surface area contributed by atoms with Gasteiger partial charge < -0.3 is 29.9 Å². The number of nitrogens with one attached hydrogen (secondary N) is 2. The Morgan fingerprint density at radius 2 is 1.88 bits per heavy atom. The lowest BCUT2D eigenvalue weighted by molar-refractivity contribution is 0.0936. The Kier molecular flexibility index (Phi) is 9.86. The van der Waals surface area contributed by atoms with E-state index >= 15 is 0 Å². The van der Waals surface area contributed by atoms with Gasteiger partial charge in [0.1, 0.15) is 18.5 Å². The minimum absolute atomic E-state index is 0. The van der Waals surface area contributed by atoms with Crippen LogP contribution in [-0.4, -0.2) is 74.4 Å². The van der Waals surface area contributed by atoms with Gasteiger partial charge in [-0.25, -0.2) is 9.98 Å². The highest BCUT2D eigenvalue weighted by Crippen LogP contribution is 2.30. The number of halogens is 1. The summed E-state index contributed by atoms with van der Waals surface area (Å²) >= 11 is 0. The Morgan fingerprint density at radius 3 is 2.64 bits per heavy atom. The Morgan fingerprint density at radius 1 is 1.09 bits per heavy atom. The summed E-state index contributed by atoms with van der Waals surface area (Å²) in [6, 6.07) is 12.0. The molecule has 4 rings (SSSR count). The molecule has 3 heterocycles. The number of ether oxygens (including phenoxy) is 2. The number of nitrogens with zero attached hydrogens (tertiary/aromatic N) is 4. The monoisotopic (exact) mass is 566 g/mol. The topological polar surface area (TPSA) is 74.3 Å². The van der Waals surface area contributed by atoms with Crippen LogP contribution < -0.4 is 25.0 Å². The van der Waals surface area contributed by atoms with Gasteiger partial charge in [-0.1, -0.05) is 19.1 Å². The predicted molar refractivity (Wildman–Crippen MR) is 143 cm³/mol. The molecular formula is C24H35IN6O2. The van der Waals surface area contributed by atoms with Crippen molar-refractivity contribution in [2.24, 2.45) is 4.99 Å². The van der Waals surface area contributed by atoms with Gasteiger partial charge in [0, 0.05) is 38.9 Å². The van der Waals surface area contributed by atoms with Crippen LogP contribution in [0.3, 0.4) is 0 Å². The van der Waals surface area contributed by atoms with E-state index in [0.717, 1.165) is 68.1 Å². The van der Waals surface area contributed by atoms with Crippen molar-refractivity contribution in [2.75, 3.05) is 57.3 Å². The zero-order valence-electron chi connectivity index (χ0n) is 19.5. The van der Waals surface area contributed by atoms with Gasteiger partial charge in [-0.3, -0.25) is 0 Å². The van der Waals surface area contributed by atoms with E-state index in [4.69, 9.17) is 14.5 Å². The number of hydrogen-bond donors (Lipinski definition) is 2. The van der Waals surface area contributed by atoms with E-state index in [9.17, 15) is 0 Å². The molecule has 0 saturated carbocycles. The maximum Gasteiger partial charge on any atom is 0.191 e. The van der Waals surface area contributed by atoms with Crippen molar-refractivity contribution in [1.82, 2.24) is 20.5 Å². The Labute approximate surface area is 213 Å². The number of rotatable bonds is 7. The second-order valence-electron chi connectivity index (χ2n) is 8.02. The molecule has 0 radical (unpaired) electrons. The maximum atomic E-state index is 6.03. The summed E-state index contributed by atoms with van der Waals surface area (Å²) in [5.41, 5.74) is 1.15. The number of anilines is 1. The van der Waals surface area contributed by atoms with Crippen LogP contribution in [0.2, 0.25) is 0 Å². The van der Waals surface area contributed by atoms with Gasteiger partial charge in [-0.05, 0) is 43.3 Å². The van der Waals surface area contributed by atoms with Crippen LogP contribution in [0.25, 0.3) is 0 Å². The van der Waals surface area contributed by atoms with Crippen LogP contribution in [-0.2, 0) is 6.54 Å². The summed E-state index contributed by atoms with van der Waals surface area (Å²) in [5, 5.41) is 6.69. The first kappa shape index (κ1) is 25.4. The molecule has 1 aromatic carbocycles. The van der Waals surface area contributed by atoms with Gasteiger partial charge in [0.25, 0.3) is 0 Å². The number of aliphatic imine (C=N–C) groups is 1. The molecule has 0 aliphatic carbocycles. The Bertz CT molecular complexity index is 904. The largest absolute Gasteiger partial charge is 0.486 e. The van der Waals surface area contributed by atoms with Crippen molar-refractivity contribution in [2.45, 2.75) is 26.5 Å². The summed E-state index contributed by atoms with van der Waals surface area (Å²) < 4.78 is 11.8. The fraction of sp³-hybridized carbons (Fsp3) is 0.500. The summed E-state index contributed by atoms with van der Waals surface area (Å²) in [6.07, 6.45) is 1.82. The predicted octanol–water partition coefficient (Wildman–Crippen LogP) is 2.74. The number of aromatic nitrogens is 1. The normalized spacial score (nSPS) is 18.4. The van der Waals surface area contributed by atoms with Gasteiger partial charge >= 0.3 is 0 Å². The quantitative estimate of drug-likeness (QED) is 0.304. The molecule has 2 aliphatic rings. The molecular weight excluding hydrogens is 531 g/mol. The first-order chi connectivity index (χ1) is 15.7. The molecule has 1 saturated heterocycles. The van der Waals surface area contributed by atoms with Gasteiger partial charge in [-0.15, -0.1) is 24.0 Å². The van der Waals surface area contributed by atoms with Crippen molar-refractivity contribution in [1.29, 1.82) is 0 Å². The van der Waals surface area contributed by atoms with Crippen LogP contribution in [0.4, 0.5) is 5.82 Å². The molecule has 8 nitrogen and oxygen atoms in total. The van der Waals surface area contributed by atoms with E-state index in [1.165, 1.54) is 0 Å². The van der Waals surface area contributed by atoms with Crippen LogP contribution in [0.5, 0.6) is 11.5 Å². The van der Waals surface area contributed by atoms with E-state index in [1.54, 1.807) is 0 Å². The van der Waals surface area contributed by atoms with Gasteiger partial charge in [-0.2, -0.15) is 0 Å². The lowest BCUT2D eigenvalue weighted by atomic mass is 10.2. The van der Waals surface area contributed by atoms with E-state index < -0.39 is 0 Å². The van der Waals surface area contributed by atoms with Crippen LogP contribution >= 0.6 is 24.0 Å². The highest BCUT2D eigenvalue weighted by molar-refractivity contribution is 14.0. The van der Waals surface area contributed by atoms with Crippen LogP contribution in [0, 0.1) is 0 Å². The second-order valence-corrected chi connectivity index (χ2v) is 8.02. The van der Waals surface area contributed by atoms with Crippen LogP contribution in [0.1, 0.15) is 19.4 Å². The third kappa shape index (κ3) is 7.10. The highest BCUT2D eigenvalue weighted by Gasteiger charge is 2.21. The molecule has 180 valence electrons. The maximum absolute atomic E-state index is 6.03. The highest BCUT2D eigenvalue weighted by atomic mass is 127. The summed E-state index contributed by atoms with van der Waals surface area (Å²) in [6.45, 7) is 12.1. The van der Waals surface area contributed by atoms with Gasteiger partial charge in [0.05, 0.1) is 13.1 Å². The molecule has 2 aromatic rings. The van der Waals surface area contributed by atoms with Crippen molar-refractivity contribution in [3.8, 4) is 11.5 Å². The van der Waals surface area contributed by atoms with E-state index in [1.807, 2.05) is 36.5 Å². The molecule has 0 amide bonds. The number of likely N-dealkylation sites (N-methyl/N-ethyl adjacent to an activating group) is 1. The molecule has 0 bridgehead atoms. The summed E-state index contributed by atoms with van der Waals surface area (Å²) in [7, 11) is 0. The Hall–Kier alpha value is -2.27. The first-order valence-corrected chi connectivity index (χ1v) is 11.6. The van der Waals surface area contributed by atoms with E-state index in [0.29, 0.717) is 19.7 Å². The lowest BCUT2D eigenvalue weighted by Gasteiger charge is -2.34. The molecule has 1 atom stereocenters. The molecule has 33 heavy (non-hydrogen) atoms. The van der Waals surface area contributed by atoms with Gasteiger partial charge in [0.2, 0.25) is 0 Å². The Balaban J connectivity index is 0.00000306. The number of piperazine rings is 1. The fourth-order valence-corrected chi connectivity index (χ4v) is 3.91. The summed E-state index contributed by atoms with van der Waals surface area (Å²) in [4.78, 5) is 14.2. The number of benzene rings is 1. The molecule has 9 heteroatoms. The van der Waals surface area contributed by atoms with Crippen molar-refractivity contribution in [3.05, 3.63) is 48.2 Å². The molecule has 1 unspecified atom stereocenters. The van der Waals surface area contributed by atoms with E-state index in [-0.39, 0.29) is 30.1 Å². The zero-order valence-corrected chi connectivity index (χ0v) is 21.8. The third-order valence-corrected chi connectivity index (χ3v) is 5.78. The minimum Gasteiger partial charge on any atom is -0.486 e. The number of para-hydroxylation sites is 2. The molecule has 1 fully saturated rings. The second kappa shape index (κ2) is 12.8. The van der Waals surface area contributed by atoms with Crippen molar-refractivity contribution < 1.29 is 9.47 Å². The molecule has 2 N–H and O–H groups in total. The fourth-order valence-electron chi connectivity index (χ4n) is 3.91. The van der Waals surface area contributed by atoms with Crippen molar-refractivity contribution >= 4 is 35.8 Å². The zero-order chi connectivity index (χ0) is 22.2. The van der Waals surface area contributed by atoms with Gasteiger partial charge in [0.15, 0.2) is 17.5 Å². The number of guanidine groups is 1. The third-order valence-electron chi connectivity index (χ3n) is 5.78. The SMILES string of the molecule is CCNC(=NCc1ccnc(N2CCN(CC)CC2)c1)NCC1COc2ccccc2O1.I. The first-order valence-electron chi connectivity index (χ1n) is 11.6. The number of fused-ring (bicyclic) bond motifs is 1. The number of pyridine rings is 1. The average Bonchev–Trinajstić information content (AvgIpc) is 2.86. The lowest BCUT2D eigenvalue weighted by Crippen LogP contribution is -2.46. The summed E-state index contributed by atoms with van der Waals surface area (Å²) in [5.74, 6) is 3.40. The average molecular weight is 566 g/mol. The smallest absolute Gasteiger partial charge is 0.191 e. The van der Waals surface area contributed by atoms with Crippen LogP contribution in [0.15, 0.2) is 47.6 Å². The molecule has 1 aromatic heterocycles.